The van der Waals surface area contributed by atoms with E-state index in [4.69, 9.17) is 36.0 Å². The number of anilines is 1. The van der Waals surface area contributed by atoms with Crippen LogP contribution in [0.4, 0.5) is 10.5 Å². The summed E-state index contributed by atoms with van der Waals surface area (Å²) >= 11 is 6.79. The fourth-order valence-corrected chi connectivity index (χ4v) is 9.96. The number of rotatable bonds is 18. The standard InChI is InChI=1S/C54H72ClN5O8Si/c1-53(2,3)67-52(64)60(39-21-19-38(56)20-22-39)44-29-35(18-23-40(44)36-16-12-11-13-17-36)15-14-28-59(7)50(63)34-66-47-31-46(65-8)37(30-43(47)55)32-57-33-48(68-69(9,10)54(4,5)6)41-24-26-45(61)51-42(41)25-27-49(62)58-51/h11-13,16-18,23-27,29-31,38-39,48,57,61H,14-15,19-22,28,32-34,56H2,1-10H3,(H,58,62)/t38?,39?,48-/m0/s1. The number of pyridine rings is 1. The lowest BCUT2D eigenvalue weighted by Gasteiger charge is -2.39. The average molecular weight is 983 g/mol. The van der Waals surface area contributed by atoms with Crippen molar-refractivity contribution in [1.29, 1.82) is 0 Å². The molecule has 1 atom stereocenters. The van der Waals surface area contributed by atoms with Gasteiger partial charge in [0.15, 0.2) is 14.9 Å². The van der Waals surface area contributed by atoms with Gasteiger partial charge in [0, 0.05) is 67.4 Å². The molecule has 69 heavy (non-hydrogen) atoms. The summed E-state index contributed by atoms with van der Waals surface area (Å²) in [4.78, 5) is 45.9. The molecule has 5 N–H and O–H groups in total. The van der Waals surface area contributed by atoms with E-state index in [1.54, 1.807) is 43.3 Å². The van der Waals surface area contributed by atoms with Crippen molar-refractivity contribution < 1.29 is 33.3 Å². The average Bonchev–Trinajstić information content (AvgIpc) is 3.28. The predicted octanol–water partition coefficient (Wildman–Crippen LogP) is 10.9. The Morgan fingerprint density at radius 3 is 2.32 bits per heavy atom. The Balaban J connectivity index is 1.10. The molecule has 0 aliphatic heterocycles. The van der Waals surface area contributed by atoms with Crippen LogP contribution in [0.25, 0.3) is 22.0 Å². The molecule has 5 aromatic rings. The smallest absolute Gasteiger partial charge is 0.415 e. The first-order chi connectivity index (χ1) is 32.5. The summed E-state index contributed by atoms with van der Waals surface area (Å²) in [6.45, 7) is 17.6. The van der Waals surface area contributed by atoms with Crippen LogP contribution in [0.2, 0.25) is 23.2 Å². The van der Waals surface area contributed by atoms with Crippen molar-refractivity contribution in [3.63, 3.8) is 0 Å². The van der Waals surface area contributed by atoms with E-state index in [9.17, 15) is 19.5 Å². The number of fused-ring (bicyclic) bond motifs is 1. The molecule has 2 amide bonds. The van der Waals surface area contributed by atoms with Crippen molar-refractivity contribution in [2.75, 3.05) is 38.8 Å². The van der Waals surface area contributed by atoms with Crippen LogP contribution in [0.3, 0.4) is 0 Å². The topological polar surface area (TPSA) is 169 Å². The van der Waals surface area contributed by atoms with E-state index < -0.39 is 20.0 Å². The Morgan fingerprint density at radius 1 is 0.942 bits per heavy atom. The number of hydrogen-bond donors (Lipinski definition) is 4. The van der Waals surface area contributed by atoms with Gasteiger partial charge in [-0.3, -0.25) is 14.5 Å². The van der Waals surface area contributed by atoms with Crippen LogP contribution in [0.5, 0.6) is 17.2 Å². The van der Waals surface area contributed by atoms with Gasteiger partial charge in [-0.1, -0.05) is 80.9 Å². The van der Waals surface area contributed by atoms with Crippen LogP contribution in [0.15, 0.2) is 89.7 Å². The van der Waals surface area contributed by atoms with E-state index in [2.05, 4.69) is 74.5 Å². The minimum Gasteiger partial charge on any atom is -0.506 e. The third-order valence-electron chi connectivity index (χ3n) is 13.3. The van der Waals surface area contributed by atoms with Crippen molar-refractivity contribution in [1.82, 2.24) is 15.2 Å². The number of aromatic amines is 1. The monoisotopic (exact) mass is 981 g/mol. The number of H-pyrrole nitrogens is 1. The highest BCUT2D eigenvalue weighted by molar-refractivity contribution is 6.74. The predicted molar refractivity (Wildman–Crippen MR) is 279 cm³/mol. The molecule has 1 saturated carbocycles. The number of halogens is 1. The maximum atomic E-state index is 14.1. The number of hydrogen-bond acceptors (Lipinski definition) is 10. The molecular weight excluding hydrogens is 910 g/mol. The Bertz CT molecular complexity index is 2620. The Labute approximate surface area is 413 Å². The quantitative estimate of drug-likeness (QED) is 0.0620. The molecule has 15 heteroatoms. The zero-order valence-electron chi connectivity index (χ0n) is 42.0. The number of nitrogens with one attached hydrogen (secondary N) is 2. The van der Waals surface area contributed by atoms with Crippen LogP contribution in [-0.4, -0.2) is 86.8 Å². The van der Waals surface area contributed by atoms with Gasteiger partial charge in [0.05, 0.1) is 29.4 Å². The van der Waals surface area contributed by atoms with E-state index in [0.717, 1.165) is 59.2 Å². The van der Waals surface area contributed by atoms with E-state index >= 15 is 0 Å². The van der Waals surface area contributed by atoms with Gasteiger partial charge in [-0.05, 0) is 118 Å². The lowest BCUT2D eigenvalue weighted by Crippen LogP contribution is -2.46. The summed E-state index contributed by atoms with van der Waals surface area (Å²) in [6, 6.07) is 26.5. The number of carbonyl (C=O) groups is 2. The molecule has 13 nitrogen and oxygen atoms in total. The van der Waals surface area contributed by atoms with Crippen molar-refractivity contribution >= 4 is 48.5 Å². The van der Waals surface area contributed by atoms with Crippen molar-refractivity contribution in [3.05, 3.63) is 117 Å². The number of aromatic hydroxyl groups is 1. The Hall–Kier alpha value is -5.38. The number of benzene rings is 4. The fourth-order valence-electron chi connectivity index (χ4n) is 8.44. The van der Waals surface area contributed by atoms with Gasteiger partial charge in [0.25, 0.3) is 5.91 Å². The number of phenols is 1. The normalized spacial score (nSPS) is 15.9. The summed E-state index contributed by atoms with van der Waals surface area (Å²) in [5.74, 6) is 0.638. The van der Waals surface area contributed by atoms with E-state index in [0.29, 0.717) is 59.9 Å². The number of ether oxygens (including phenoxy) is 3. The largest absolute Gasteiger partial charge is 0.506 e. The highest BCUT2D eigenvalue weighted by Crippen LogP contribution is 2.42. The maximum Gasteiger partial charge on any atom is 0.415 e. The third-order valence-corrected chi connectivity index (χ3v) is 18.1. The highest BCUT2D eigenvalue weighted by Gasteiger charge is 2.40. The molecular formula is C54H72ClN5O8Si. The number of amides is 2. The minimum atomic E-state index is -2.30. The number of likely N-dealkylation sites (N-methyl/N-ethyl adjacent to an activating group) is 1. The molecule has 0 unspecified atom stereocenters. The van der Waals surface area contributed by atoms with E-state index in [1.807, 2.05) is 49.9 Å². The highest BCUT2D eigenvalue weighted by atomic mass is 35.5. The lowest BCUT2D eigenvalue weighted by molar-refractivity contribution is -0.132. The summed E-state index contributed by atoms with van der Waals surface area (Å²) in [5.41, 5.74) is 11.1. The van der Waals surface area contributed by atoms with Crippen LogP contribution < -0.4 is 31.0 Å². The van der Waals surface area contributed by atoms with Crippen LogP contribution in [0.1, 0.15) is 96.4 Å². The molecule has 0 bridgehead atoms. The zero-order valence-corrected chi connectivity index (χ0v) is 43.8. The third kappa shape index (κ3) is 13.7. The van der Waals surface area contributed by atoms with Gasteiger partial charge in [0.1, 0.15) is 22.8 Å². The molecule has 1 aliphatic rings. The Morgan fingerprint density at radius 2 is 1.65 bits per heavy atom. The molecule has 1 aliphatic carbocycles. The second-order valence-electron chi connectivity index (χ2n) is 20.7. The first-order valence-electron chi connectivity index (χ1n) is 24.0. The summed E-state index contributed by atoms with van der Waals surface area (Å²) in [7, 11) is 1.03. The van der Waals surface area contributed by atoms with Gasteiger partial charge in [-0.2, -0.15) is 0 Å². The molecule has 4 aromatic carbocycles. The molecule has 1 fully saturated rings. The fraction of sp³-hybridized carbons (Fsp3) is 0.463. The SMILES string of the molecule is COc1cc(OCC(=O)N(C)CCCc2ccc(-c3ccccc3)c(N(C(=O)OC(C)(C)C)C3CCC(N)CC3)c2)c(Cl)cc1CNC[C@H](O[Si](C)(C)C(C)(C)C)c1ccc(O)c2[nH]c(=O)ccc12. The number of aromatic nitrogens is 1. The van der Waals surface area contributed by atoms with Gasteiger partial charge in [-0.25, -0.2) is 4.79 Å². The molecule has 372 valence electrons. The summed E-state index contributed by atoms with van der Waals surface area (Å²) in [6.07, 6.45) is 3.81. The number of nitrogens with two attached hydrogens (primary N) is 1. The molecule has 0 radical (unpaired) electrons. The second-order valence-corrected chi connectivity index (χ2v) is 25.9. The lowest BCUT2D eigenvalue weighted by atomic mass is 9.89. The number of nitrogens with zero attached hydrogens (tertiary/aromatic N) is 2. The molecule has 6 rings (SSSR count). The van der Waals surface area contributed by atoms with Crippen molar-refractivity contribution in [3.8, 4) is 28.4 Å². The van der Waals surface area contributed by atoms with Gasteiger partial charge in [0.2, 0.25) is 5.56 Å². The Kier molecular flexibility index (Phi) is 17.3. The summed E-state index contributed by atoms with van der Waals surface area (Å²) in [5, 5.41) is 15.1. The zero-order chi connectivity index (χ0) is 50.3. The van der Waals surface area contributed by atoms with Crippen molar-refractivity contribution in [2.24, 2.45) is 5.73 Å². The van der Waals surface area contributed by atoms with E-state index in [-0.39, 0.29) is 47.0 Å². The maximum absolute atomic E-state index is 14.1. The molecule has 0 saturated heterocycles. The number of aryl methyl sites for hydroxylation is 1. The van der Waals surface area contributed by atoms with Crippen LogP contribution in [-0.2, 0) is 26.9 Å². The second kappa shape index (κ2) is 22.6. The molecule has 1 heterocycles. The number of methoxy groups -OCH3 is 1. The van der Waals surface area contributed by atoms with Gasteiger partial charge >= 0.3 is 6.09 Å². The first-order valence-corrected chi connectivity index (χ1v) is 27.3. The van der Waals surface area contributed by atoms with Gasteiger partial charge < -0.3 is 44.7 Å². The molecule has 1 aromatic heterocycles. The van der Waals surface area contributed by atoms with E-state index in [1.165, 1.54) is 6.07 Å². The number of phenolic OH excluding ortho intramolecular Hbond substituents is 1. The first kappa shape index (κ1) is 53.0. The van der Waals surface area contributed by atoms with Gasteiger partial charge in [-0.15, -0.1) is 0 Å². The minimum absolute atomic E-state index is 0.0116. The molecule has 0 spiro atoms. The number of carbonyl (C=O) groups excluding carboxylic acids is 2. The van der Waals surface area contributed by atoms with Crippen LogP contribution in [0, 0.1) is 0 Å². The van der Waals surface area contributed by atoms with Crippen LogP contribution >= 0.6 is 11.6 Å². The van der Waals surface area contributed by atoms with Crippen molar-refractivity contribution in [2.45, 2.75) is 129 Å². The summed E-state index contributed by atoms with van der Waals surface area (Å²) < 4.78 is 24.8.